The lowest BCUT2D eigenvalue weighted by atomic mass is 10.1. The zero-order valence-electron chi connectivity index (χ0n) is 28.2. The van der Waals surface area contributed by atoms with Gasteiger partial charge in [-0.1, -0.05) is 60.3 Å². The molecule has 3 aromatic carbocycles. The van der Waals surface area contributed by atoms with Crippen molar-refractivity contribution in [1.29, 1.82) is 0 Å². The van der Waals surface area contributed by atoms with Crippen LogP contribution in [-0.2, 0) is 32.2 Å². The molecule has 1 N–H and O–H groups in total. The lowest BCUT2D eigenvalue weighted by Gasteiger charge is -2.35. The van der Waals surface area contributed by atoms with Gasteiger partial charge in [0.2, 0.25) is 5.91 Å². The second kappa shape index (κ2) is 15.2. The Morgan fingerprint density at radius 1 is 0.958 bits per heavy atom. The van der Waals surface area contributed by atoms with E-state index in [2.05, 4.69) is 5.32 Å². The molecule has 0 saturated carbocycles. The van der Waals surface area contributed by atoms with Crippen LogP contribution in [-0.4, -0.2) is 82.3 Å². The van der Waals surface area contributed by atoms with Crippen LogP contribution >= 0.6 is 11.8 Å². The van der Waals surface area contributed by atoms with Crippen LogP contribution in [0.1, 0.15) is 51.0 Å². The molecule has 48 heavy (non-hydrogen) atoms. The molecule has 1 aromatic heterocycles. The average Bonchev–Trinajstić information content (AvgIpc) is 3.05. The number of hydrogen-bond donors (Lipinski definition) is 1. The van der Waals surface area contributed by atoms with Gasteiger partial charge < -0.3 is 19.7 Å². The zero-order valence-corrected chi connectivity index (χ0v) is 29.0. The van der Waals surface area contributed by atoms with Crippen LogP contribution in [0.3, 0.4) is 0 Å². The summed E-state index contributed by atoms with van der Waals surface area (Å²) in [5, 5.41) is 5.12. The first-order valence-electron chi connectivity index (χ1n) is 16.3. The Morgan fingerprint density at radius 2 is 1.62 bits per heavy atom. The fourth-order valence-corrected chi connectivity index (χ4v) is 6.68. The second-order valence-corrected chi connectivity index (χ2v) is 13.7. The normalized spacial score (nSPS) is 14.6. The first kappa shape index (κ1) is 34.9. The molecule has 2 amide bonds. The van der Waals surface area contributed by atoms with Gasteiger partial charge in [-0.3, -0.25) is 23.9 Å². The predicted molar refractivity (Wildman–Crippen MR) is 187 cm³/mol. The molecule has 1 unspecified atom stereocenters. The number of rotatable bonds is 10. The minimum Gasteiger partial charge on any atom is -0.465 e. The monoisotopic (exact) mass is 673 g/mol. The number of aromatic nitrogens is 2. The molecule has 11 nitrogen and oxygen atoms in total. The van der Waals surface area contributed by atoms with Crippen LogP contribution in [0.25, 0.3) is 21.7 Å². The number of ether oxygens (including phenoxy) is 2. The molecule has 0 bridgehead atoms. The number of nitrogens with one attached hydrogen (secondary N) is 1. The summed E-state index contributed by atoms with van der Waals surface area (Å²) in [6.07, 6.45) is -0.333. The third kappa shape index (κ3) is 8.53. The number of hydrogen-bond acceptors (Lipinski definition) is 9. The molecule has 12 heteroatoms. The maximum atomic E-state index is 13.6. The van der Waals surface area contributed by atoms with Gasteiger partial charge in [-0.2, -0.15) is 0 Å². The highest BCUT2D eigenvalue weighted by atomic mass is 32.2. The lowest BCUT2D eigenvalue weighted by Crippen LogP contribution is -2.52. The number of piperazine rings is 1. The largest absolute Gasteiger partial charge is 0.465 e. The first-order chi connectivity index (χ1) is 23.0. The molecule has 1 fully saturated rings. The van der Waals surface area contributed by atoms with Gasteiger partial charge in [0.05, 0.1) is 24.1 Å². The number of thioether (sulfide) groups is 1. The van der Waals surface area contributed by atoms with Gasteiger partial charge in [0.15, 0.2) is 5.16 Å². The summed E-state index contributed by atoms with van der Waals surface area (Å²) in [4.78, 5) is 60.4. The van der Waals surface area contributed by atoms with Crippen molar-refractivity contribution in [1.82, 2.24) is 24.7 Å². The highest BCUT2D eigenvalue weighted by Gasteiger charge is 2.28. The van der Waals surface area contributed by atoms with Gasteiger partial charge in [0.1, 0.15) is 10.9 Å². The fraction of sp³-hybridized carbons (Fsp3) is 0.417. The maximum absolute atomic E-state index is 13.6. The topological polar surface area (TPSA) is 123 Å². The van der Waals surface area contributed by atoms with Crippen molar-refractivity contribution in [3.63, 3.8) is 0 Å². The summed E-state index contributed by atoms with van der Waals surface area (Å²) in [6, 6.07) is 19.0. The van der Waals surface area contributed by atoms with E-state index in [4.69, 9.17) is 14.5 Å². The summed E-state index contributed by atoms with van der Waals surface area (Å²) >= 11 is 1.19. The van der Waals surface area contributed by atoms with Crippen LogP contribution in [0, 0.1) is 0 Å². The number of amides is 2. The van der Waals surface area contributed by atoms with Crippen molar-refractivity contribution in [2.75, 3.05) is 39.3 Å². The molecule has 1 aliphatic heterocycles. The molecule has 1 saturated heterocycles. The highest BCUT2D eigenvalue weighted by molar-refractivity contribution is 8.00. The van der Waals surface area contributed by atoms with E-state index < -0.39 is 16.8 Å². The number of carbonyl (C=O) groups is 3. The van der Waals surface area contributed by atoms with Crippen molar-refractivity contribution in [2.24, 2.45) is 0 Å². The molecular weight excluding hydrogens is 630 g/mol. The van der Waals surface area contributed by atoms with Crippen LogP contribution in [0.5, 0.6) is 0 Å². The highest BCUT2D eigenvalue weighted by Crippen LogP contribution is 2.36. The van der Waals surface area contributed by atoms with E-state index in [1.165, 1.54) is 11.8 Å². The molecular formula is C36H43N5O6S. The molecule has 1 aliphatic rings. The van der Waals surface area contributed by atoms with E-state index >= 15 is 0 Å². The van der Waals surface area contributed by atoms with E-state index in [0.29, 0.717) is 60.9 Å². The Morgan fingerprint density at radius 3 is 2.25 bits per heavy atom. The van der Waals surface area contributed by atoms with E-state index in [1.807, 2.05) is 93.3 Å². The van der Waals surface area contributed by atoms with Gasteiger partial charge in [0, 0.05) is 39.3 Å². The minimum atomic E-state index is -0.754. The lowest BCUT2D eigenvalue weighted by molar-refractivity contribution is -0.142. The van der Waals surface area contributed by atoms with Crippen molar-refractivity contribution >= 4 is 51.4 Å². The summed E-state index contributed by atoms with van der Waals surface area (Å²) in [5.41, 5.74) is 1.44. The van der Waals surface area contributed by atoms with Gasteiger partial charge in [-0.25, -0.2) is 9.78 Å². The van der Waals surface area contributed by atoms with Crippen molar-refractivity contribution < 1.29 is 23.9 Å². The molecule has 4 aromatic rings. The average molecular weight is 674 g/mol. The van der Waals surface area contributed by atoms with E-state index in [0.717, 1.165) is 16.3 Å². The Hall–Kier alpha value is -4.42. The number of fused-ring (bicyclic) bond motifs is 2. The second-order valence-electron chi connectivity index (χ2n) is 12.7. The molecule has 0 radical (unpaired) electrons. The Kier molecular flexibility index (Phi) is 11.1. The molecule has 0 aliphatic carbocycles. The standard InChI is InChI=1S/C36H43N5O6S/c1-6-41-32(43)28-20-26-10-8-9-11-27(26)21-29(28)38-34(41)48-31(33(44)46-7-2)25-14-12-24(13-15-25)22-37-30(42)23-39-16-18-40(19-17-39)35(45)47-36(3,4)5/h8-15,20-21,31H,6-7,16-19,22-23H2,1-5H3,(H,37,42). The van der Waals surface area contributed by atoms with Crippen LogP contribution in [0.15, 0.2) is 70.6 Å². The fourth-order valence-electron chi connectivity index (χ4n) is 5.52. The maximum Gasteiger partial charge on any atom is 0.410 e. The molecule has 1 atom stereocenters. The predicted octanol–water partition coefficient (Wildman–Crippen LogP) is 5.14. The van der Waals surface area contributed by atoms with Crippen LogP contribution in [0.2, 0.25) is 0 Å². The Bertz CT molecular complexity index is 1840. The zero-order chi connectivity index (χ0) is 34.4. The van der Waals surface area contributed by atoms with Gasteiger partial charge in [0.25, 0.3) is 5.56 Å². The number of esters is 1. The third-order valence-corrected chi connectivity index (χ3v) is 9.21. The Labute approximate surface area is 284 Å². The number of nitrogens with zero attached hydrogens (tertiary/aromatic N) is 4. The third-order valence-electron chi connectivity index (χ3n) is 7.99. The van der Waals surface area contributed by atoms with E-state index in [-0.39, 0.29) is 30.7 Å². The van der Waals surface area contributed by atoms with Crippen LogP contribution < -0.4 is 10.9 Å². The van der Waals surface area contributed by atoms with E-state index in [9.17, 15) is 19.2 Å². The van der Waals surface area contributed by atoms with E-state index in [1.54, 1.807) is 16.4 Å². The summed E-state index contributed by atoms with van der Waals surface area (Å²) in [7, 11) is 0. The Balaban J connectivity index is 1.24. The minimum absolute atomic E-state index is 0.113. The van der Waals surface area contributed by atoms with Gasteiger partial charge in [-0.05, 0) is 68.7 Å². The quantitative estimate of drug-likeness (QED) is 0.106. The summed E-state index contributed by atoms with van der Waals surface area (Å²) in [6.45, 7) is 12.5. The van der Waals surface area contributed by atoms with Gasteiger partial charge >= 0.3 is 12.1 Å². The summed E-state index contributed by atoms with van der Waals surface area (Å²) in [5.74, 6) is -0.539. The van der Waals surface area contributed by atoms with Gasteiger partial charge in [-0.15, -0.1) is 0 Å². The first-order valence-corrected chi connectivity index (χ1v) is 17.2. The molecule has 0 spiro atoms. The molecule has 2 heterocycles. The SMILES string of the molecule is CCOC(=O)C(Sc1nc2cc3ccccc3cc2c(=O)n1CC)c1ccc(CNC(=O)CN2CCN(C(=O)OC(C)(C)C)CC2)cc1. The number of carbonyl (C=O) groups excluding carboxylic acids is 3. The molecule has 254 valence electrons. The molecule has 5 rings (SSSR count). The summed E-state index contributed by atoms with van der Waals surface area (Å²) < 4.78 is 12.5. The van der Waals surface area contributed by atoms with Crippen molar-refractivity contribution in [2.45, 2.75) is 63.7 Å². The van der Waals surface area contributed by atoms with Crippen LogP contribution in [0.4, 0.5) is 4.79 Å². The smallest absolute Gasteiger partial charge is 0.410 e. The number of benzene rings is 3. The van der Waals surface area contributed by atoms with Crippen molar-refractivity contribution in [3.8, 4) is 0 Å². The van der Waals surface area contributed by atoms with Crippen molar-refractivity contribution in [3.05, 3.63) is 82.1 Å².